The smallest absolute Gasteiger partial charge is 0.324 e. The molecular weight excluding hydrogens is 524 g/mol. The Morgan fingerprint density at radius 3 is 2.12 bits per heavy atom. The van der Waals surface area contributed by atoms with Crippen molar-refractivity contribution in [3.63, 3.8) is 0 Å². The lowest BCUT2D eigenvalue weighted by molar-refractivity contribution is -0.133. The predicted molar refractivity (Wildman–Crippen MR) is 152 cm³/mol. The van der Waals surface area contributed by atoms with Gasteiger partial charge in [-0.25, -0.2) is 4.79 Å². The fourth-order valence-electron chi connectivity index (χ4n) is 5.02. The van der Waals surface area contributed by atoms with Crippen LogP contribution < -0.4 is 21.1 Å². The number of hydrogen-bond donors (Lipinski definition) is 4. The summed E-state index contributed by atoms with van der Waals surface area (Å²) >= 11 is 0. The number of urea groups is 1. The van der Waals surface area contributed by atoms with E-state index in [1.165, 1.54) is 0 Å². The Balaban J connectivity index is 1.55. The summed E-state index contributed by atoms with van der Waals surface area (Å²) in [7, 11) is 1.55. The first-order valence-electron chi connectivity index (χ1n) is 13.3. The highest BCUT2D eigenvalue weighted by molar-refractivity contribution is 6.03. The third-order valence-corrected chi connectivity index (χ3v) is 7.22. The van der Waals surface area contributed by atoms with Gasteiger partial charge in [0.05, 0.1) is 12.6 Å². The summed E-state index contributed by atoms with van der Waals surface area (Å²) in [4.78, 5) is 52.3. The molecule has 3 aromatic rings. The van der Waals surface area contributed by atoms with Crippen molar-refractivity contribution in [2.75, 3.05) is 13.7 Å². The molecule has 0 saturated carbocycles. The highest BCUT2D eigenvalue weighted by atomic mass is 16.5. The maximum absolute atomic E-state index is 13.7. The number of aliphatic hydroxyl groups is 1. The van der Waals surface area contributed by atoms with Gasteiger partial charge in [-0.3, -0.25) is 19.3 Å². The summed E-state index contributed by atoms with van der Waals surface area (Å²) in [5.41, 5.74) is 7.26. The largest absolute Gasteiger partial charge is 0.497 e. The van der Waals surface area contributed by atoms with Crippen LogP contribution in [0.3, 0.4) is 0 Å². The van der Waals surface area contributed by atoms with Gasteiger partial charge in [0.1, 0.15) is 12.2 Å². The molecule has 10 heteroatoms. The number of aliphatic hydroxyl groups excluding tert-OH is 1. The first-order valence-corrected chi connectivity index (χ1v) is 13.3. The van der Waals surface area contributed by atoms with Crippen LogP contribution in [0, 0.1) is 0 Å². The van der Waals surface area contributed by atoms with Crippen molar-refractivity contribution >= 4 is 23.8 Å². The Morgan fingerprint density at radius 1 is 0.927 bits per heavy atom. The molecule has 1 atom stereocenters. The number of nitrogens with zero attached hydrogens (tertiary/aromatic N) is 1. The molecule has 0 aromatic heterocycles. The van der Waals surface area contributed by atoms with Gasteiger partial charge in [-0.2, -0.15) is 0 Å². The molecule has 0 unspecified atom stereocenters. The number of ether oxygens (including phenoxy) is 1. The molecule has 10 nitrogen and oxygen atoms in total. The van der Waals surface area contributed by atoms with Crippen LogP contribution in [0.1, 0.15) is 28.7 Å². The number of primary amides is 1. The van der Waals surface area contributed by atoms with Gasteiger partial charge in [-0.1, -0.05) is 66.7 Å². The van der Waals surface area contributed by atoms with E-state index >= 15 is 0 Å². The minimum atomic E-state index is -1.63. The second-order valence-corrected chi connectivity index (χ2v) is 10.1. The lowest BCUT2D eigenvalue weighted by Gasteiger charge is -2.36. The van der Waals surface area contributed by atoms with E-state index < -0.39 is 41.8 Å². The van der Waals surface area contributed by atoms with Gasteiger partial charge in [-0.15, -0.1) is 0 Å². The molecule has 5 N–H and O–H groups in total. The fourth-order valence-corrected chi connectivity index (χ4v) is 5.02. The van der Waals surface area contributed by atoms with E-state index in [0.717, 1.165) is 27.2 Å². The highest BCUT2D eigenvalue weighted by Crippen LogP contribution is 2.33. The topological polar surface area (TPSA) is 151 Å². The van der Waals surface area contributed by atoms with E-state index in [4.69, 9.17) is 10.5 Å². The van der Waals surface area contributed by atoms with Crippen molar-refractivity contribution in [1.29, 1.82) is 0 Å². The number of nitrogens with one attached hydrogen (secondary N) is 2. The summed E-state index contributed by atoms with van der Waals surface area (Å²) < 4.78 is 5.17. The van der Waals surface area contributed by atoms with Gasteiger partial charge in [0.2, 0.25) is 11.8 Å². The van der Waals surface area contributed by atoms with Gasteiger partial charge in [0.25, 0.3) is 5.91 Å². The number of benzene rings is 3. The van der Waals surface area contributed by atoms with E-state index in [0.29, 0.717) is 12.2 Å². The quantitative estimate of drug-likeness (QED) is 0.264. The van der Waals surface area contributed by atoms with Crippen LogP contribution in [0.15, 0.2) is 78.9 Å². The van der Waals surface area contributed by atoms with Crippen LogP contribution in [0.2, 0.25) is 0 Å². The number of hydrogen-bond acceptors (Lipinski definition) is 6. The third kappa shape index (κ3) is 7.29. The summed E-state index contributed by atoms with van der Waals surface area (Å²) in [5.74, 6) is -1.65. The molecule has 1 aliphatic rings. The molecule has 0 fully saturated rings. The molecule has 4 rings (SSSR count). The van der Waals surface area contributed by atoms with Crippen molar-refractivity contribution in [1.82, 2.24) is 15.5 Å². The number of carbonyl (C=O) groups is 4. The van der Waals surface area contributed by atoms with Crippen LogP contribution in [-0.2, 0) is 40.2 Å². The number of nitrogens with two attached hydrogens (primary N) is 1. The lowest BCUT2D eigenvalue weighted by atomic mass is 9.88. The zero-order valence-electron chi connectivity index (χ0n) is 22.8. The van der Waals surface area contributed by atoms with E-state index in [1.807, 2.05) is 66.7 Å². The van der Waals surface area contributed by atoms with Gasteiger partial charge in [0.15, 0.2) is 6.10 Å². The van der Waals surface area contributed by atoms with Crippen LogP contribution in [-0.4, -0.2) is 59.1 Å². The molecule has 0 saturated heterocycles. The lowest BCUT2D eigenvalue weighted by Crippen LogP contribution is -2.64. The molecular formula is C31H34N4O6. The Kier molecular flexibility index (Phi) is 9.36. The monoisotopic (exact) mass is 558 g/mol. The first-order chi connectivity index (χ1) is 19.7. The molecule has 0 radical (unpaired) electrons. The van der Waals surface area contributed by atoms with Crippen LogP contribution in [0.4, 0.5) is 4.79 Å². The summed E-state index contributed by atoms with van der Waals surface area (Å²) in [5, 5.41) is 16.9. The standard InChI is InChI=1S/C31H34N4O6/c1-41-25-13-11-21(12-14-25)15-16-35(27(37)17-26(32)36)30(40)34-31(18-23-9-5-6-10-24(23)19-31)28(38)29(39)33-20-22-7-3-2-4-8-22/h2-14,28,38H,15-20H2,1H3,(H2,32,36)(H,33,39)(H,34,40)/t28-/m1/s1. The van der Waals surface area contributed by atoms with Gasteiger partial charge < -0.3 is 26.2 Å². The normalized spacial score (nSPS) is 13.9. The summed E-state index contributed by atoms with van der Waals surface area (Å²) in [6.45, 7) is 0.141. The molecule has 0 heterocycles. The third-order valence-electron chi connectivity index (χ3n) is 7.22. The number of rotatable bonds is 11. The SMILES string of the molecule is COc1ccc(CCN(C(=O)CC(N)=O)C(=O)NC2([C@H](O)C(=O)NCc3ccccc3)Cc3ccccc3C2)cc1. The zero-order valence-corrected chi connectivity index (χ0v) is 22.8. The van der Waals surface area contributed by atoms with Crippen molar-refractivity contribution in [2.45, 2.75) is 43.9 Å². The minimum Gasteiger partial charge on any atom is -0.497 e. The summed E-state index contributed by atoms with van der Waals surface area (Å²) in [6.07, 6.45) is -1.65. The van der Waals surface area contributed by atoms with E-state index in [1.54, 1.807) is 19.2 Å². The van der Waals surface area contributed by atoms with Crippen molar-refractivity contribution in [3.8, 4) is 5.75 Å². The van der Waals surface area contributed by atoms with Crippen molar-refractivity contribution in [2.24, 2.45) is 5.73 Å². The molecule has 3 aromatic carbocycles. The zero-order chi connectivity index (χ0) is 29.4. The van der Waals surface area contributed by atoms with E-state index in [2.05, 4.69) is 10.6 Å². The Hall–Kier alpha value is -4.70. The minimum absolute atomic E-state index is 0.0520. The van der Waals surface area contributed by atoms with Gasteiger partial charge >= 0.3 is 6.03 Å². The van der Waals surface area contributed by atoms with E-state index in [9.17, 15) is 24.3 Å². The second kappa shape index (κ2) is 13.1. The van der Waals surface area contributed by atoms with Crippen molar-refractivity contribution in [3.05, 3.63) is 101 Å². The first kappa shape index (κ1) is 29.3. The highest BCUT2D eigenvalue weighted by Gasteiger charge is 2.48. The summed E-state index contributed by atoms with van der Waals surface area (Å²) in [6, 6.07) is 23.0. The second-order valence-electron chi connectivity index (χ2n) is 10.1. The maximum atomic E-state index is 13.7. The number of imide groups is 1. The Bertz CT molecular complexity index is 1370. The molecule has 214 valence electrons. The molecule has 0 aliphatic heterocycles. The van der Waals surface area contributed by atoms with Crippen LogP contribution in [0.5, 0.6) is 5.75 Å². The fraction of sp³-hybridized carbons (Fsp3) is 0.290. The number of fused-ring (bicyclic) bond motifs is 1. The van der Waals surface area contributed by atoms with Gasteiger partial charge in [-0.05, 0) is 53.6 Å². The van der Waals surface area contributed by atoms with Crippen LogP contribution >= 0.6 is 0 Å². The molecule has 5 amide bonds. The number of amides is 5. The maximum Gasteiger partial charge on any atom is 0.324 e. The number of carbonyl (C=O) groups excluding carboxylic acids is 4. The van der Waals surface area contributed by atoms with Crippen molar-refractivity contribution < 1.29 is 29.0 Å². The average Bonchev–Trinajstić information content (AvgIpc) is 3.35. The van der Waals surface area contributed by atoms with E-state index in [-0.39, 0.29) is 25.9 Å². The Morgan fingerprint density at radius 2 is 1.54 bits per heavy atom. The molecule has 1 aliphatic carbocycles. The van der Waals surface area contributed by atoms with Gasteiger partial charge in [0, 0.05) is 13.1 Å². The predicted octanol–water partition coefficient (Wildman–Crippen LogP) is 1.87. The Labute approximate surface area is 238 Å². The van der Waals surface area contributed by atoms with Crippen LogP contribution in [0.25, 0.3) is 0 Å². The molecule has 0 spiro atoms. The number of methoxy groups -OCH3 is 1. The average molecular weight is 559 g/mol. The molecule has 0 bridgehead atoms. The molecule has 41 heavy (non-hydrogen) atoms.